The lowest BCUT2D eigenvalue weighted by atomic mass is 9.33. The summed E-state index contributed by atoms with van der Waals surface area (Å²) >= 11 is 0. The highest BCUT2D eigenvalue weighted by Gasteiger charge is 2.69. The number of methoxy groups -OCH3 is 1. The number of carboxylic acids is 1. The van der Waals surface area contributed by atoms with Gasteiger partial charge in [-0.2, -0.15) is 0 Å². The van der Waals surface area contributed by atoms with E-state index in [4.69, 9.17) is 14.2 Å². The van der Waals surface area contributed by atoms with Crippen molar-refractivity contribution in [2.75, 3.05) is 7.11 Å². The molecule has 2 aromatic rings. The molecule has 5 aliphatic rings. The minimum atomic E-state index is -0.631. The number of allylic oxidation sites excluding steroid dienone is 2. The first-order valence-electron chi connectivity index (χ1n) is 20.2. The molecule has 0 aliphatic heterocycles. The number of benzene rings is 1. The molecule has 4 fully saturated rings. The molecule has 1 aromatic heterocycles. The van der Waals surface area contributed by atoms with E-state index in [0.29, 0.717) is 17.5 Å². The number of hydrogen-bond acceptors (Lipinski definition) is 8. The van der Waals surface area contributed by atoms with Gasteiger partial charge in [-0.15, -0.1) is 5.10 Å². The maximum Gasteiger partial charge on any atom is 0.328 e. The Balaban J connectivity index is 0.998. The van der Waals surface area contributed by atoms with Gasteiger partial charge in [-0.1, -0.05) is 77.5 Å². The first-order valence-corrected chi connectivity index (χ1v) is 20.2. The molecule has 54 heavy (non-hydrogen) atoms. The molecule has 0 unspecified atom stereocenters. The highest BCUT2D eigenvalue weighted by atomic mass is 16.5. The van der Waals surface area contributed by atoms with E-state index in [1.54, 1.807) is 25.4 Å². The monoisotopic (exact) mass is 743 g/mol. The van der Waals surface area contributed by atoms with E-state index in [1.807, 2.05) is 12.1 Å². The summed E-state index contributed by atoms with van der Waals surface area (Å²) in [5, 5.41) is 18.9. The number of ether oxygens (including phenoxy) is 3. The summed E-state index contributed by atoms with van der Waals surface area (Å²) in [5.74, 6) is 0.371. The third kappa shape index (κ3) is 6.27. The Morgan fingerprint density at radius 3 is 2.31 bits per heavy atom. The van der Waals surface area contributed by atoms with Crippen LogP contribution >= 0.6 is 0 Å². The number of carbonyl (C=O) groups excluding carboxylic acids is 2. The van der Waals surface area contributed by atoms with Crippen molar-refractivity contribution >= 4 is 17.9 Å². The number of carboxylic acid groups (broad SMARTS) is 1. The van der Waals surface area contributed by atoms with Gasteiger partial charge in [-0.05, 0) is 121 Å². The van der Waals surface area contributed by atoms with Crippen LogP contribution in [0.5, 0.6) is 5.75 Å². The van der Waals surface area contributed by atoms with E-state index < -0.39 is 11.4 Å². The molecule has 1 aromatic carbocycles. The van der Waals surface area contributed by atoms with Crippen LogP contribution in [0.3, 0.4) is 0 Å². The Hall–Kier alpha value is -3.69. The molecule has 8 atom stereocenters. The summed E-state index contributed by atoms with van der Waals surface area (Å²) in [4.78, 5) is 38.8. The predicted octanol–water partition coefficient (Wildman–Crippen LogP) is 8.37. The second kappa shape index (κ2) is 13.5. The quantitative estimate of drug-likeness (QED) is 0.199. The summed E-state index contributed by atoms with van der Waals surface area (Å²) in [5.41, 5.74) is 2.14. The van der Waals surface area contributed by atoms with Gasteiger partial charge in [0, 0.05) is 5.41 Å². The SMILES string of the molecule is COc1ccc(CC(=O)OCc2cn(CC(=O)O[C@H]3CC[C@]4(C)[C@H]5CC=C6[C@@H]7CC(C)(C)CC[C@]7(C(=O)O)CC[C@@]6(C)[C@]5(C)CC[C@H]4C3(C)C)nn2)cc1. The molecule has 0 bridgehead atoms. The molecule has 10 nitrogen and oxygen atoms in total. The van der Waals surface area contributed by atoms with Crippen LogP contribution in [0.4, 0.5) is 0 Å². The Bertz CT molecular complexity index is 1810. The van der Waals surface area contributed by atoms with Gasteiger partial charge in [0.25, 0.3) is 0 Å². The zero-order chi connectivity index (χ0) is 38.9. The molecule has 0 saturated heterocycles. The van der Waals surface area contributed by atoms with Gasteiger partial charge in [0.05, 0.1) is 25.1 Å². The zero-order valence-corrected chi connectivity index (χ0v) is 33.7. The number of rotatable bonds is 9. The third-order valence-corrected chi connectivity index (χ3v) is 16.0. The van der Waals surface area contributed by atoms with Gasteiger partial charge in [0.1, 0.15) is 30.7 Å². The number of carbonyl (C=O) groups is 3. The van der Waals surface area contributed by atoms with Crippen molar-refractivity contribution in [1.29, 1.82) is 0 Å². The molecule has 1 heterocycles. The number of aliphatic carboxylic acids is 1. The summed E-state index contributed by atoms with van der Waals surface area (Å²) in [6, 6.07) is 7.25. The van der Waals surface area contributed by atoms with Gasteiger partial charge in [-0.3, -0.25) is 14.4 Å². The zero-order valence-electron chi connectivity index (χ0n) is 33.7. The minimum Gasteiger partial charge on any atom is -0.497 e. The Labute approximate surface area is 320 Å². The smallest absolute Gasteiger partial charge is 0.328 e. The predicted molar refractivity (Wildman–Crippen MR) is 203 cm³/mol. The molecule has 0 radical (unpaired) electrons. The van der Waals surface area contributed by atoms with Crippen molar-refractivity contribution in [3.8, 4) is 5.75 Å². The largest absolute Gasteiger partial charge is 0.497 e. The summed E-state index contributed by atoms with van der Waals surface area (Å²) in [6.07, 6.45) is 13.4. The highest BCUT2D eigenvalue weighted by Crippen LogP contribution is 2.75. The molecule has 5 aliphatic carbocycles. The topological polar surface area (TPSA) is 130 Å². The van der Waals surface area contributed by atoms with Gasteiger partial charge in [0.15, 0.2) is 0 Å². The lowest BCUT2D eigenvalue weighted by Gasteiger charge is -2.71. The average molecular weight is 744 g/mol. The molecule has 7 rings (SSSR count). The fourth-order valence-electron chi connectivity index (χ4n) is 12.7. The third-order valence-electron chi connectivity index (χ3n) is 16.0. The summed E-state index contributed by atoms with van der Waals surface area (Å²) < 4.78 is 18.3. The molecule has 10 heteroatoms. The van der Waals surface area contributed by atoms with Crippen molar-refractivity contribution in [2.24, 2.45) is 50.2 Å². The fraction of sp³-hybridized carbons (Fsp3) is 0.705. The van der Waals surface area contributed by atoms with Crippen molar-refractivity contribution in [2.45, 2.75) is 138 Å². The van der Waals surface area contributed by atoms with E-state index in [2.05, 4.69) is 64.9 Å². The first-order chi connectivity index (χ1) is 25.4. The lowest BCUT2D eigenvalue weighted by molar-refractivity contribution is -0.214. The van der Waals surface area contributed by atoms with E-state index in [1.165, 1.54) is 10.3 Å². The Morgan fingerprint density at radius 1 is 0.889 bits per heavy atom. The summed E-state index contributed by atoms with van der Waals surface area (Å²) in [7, 11) is 1.60. The number of esters is 2. The maximum atomic E-state index is 13.4. The van der Waals surface area contributed by atoms with Crippen LogP contribution in [-0.4, -0.2) is 51.2 Å². The van der Waals surface area contributed by atoms with Crippen molar-refractivity contribution in [3.63, 3.8) is 0 Å². The summed E-state index contributed by atoms with van der Waals surface area (Å²) in [6.45, 7) is 16.7. The van der Waals surface area contributed by atoms with Gasteiger partial charge in [0.2, 0.25) is 0 Å². The van der Waals surface area contributed by atoms with E-state index in [9.17, 15) is 19.5 Å². The molecule has 4 saturated carbocycles. The fourth-order valence-corrected chi connectivity index (χ4v) is 12.7. The second-order valence-corrected chi connectivity index (χ2v) is 19.6. The van der Waals surface area contributed by atoms with Crippen molar-refractivity contribution in [1.82, 2.24) is 15.0 Å². The number of aromatic nitrogens is 3. The number of hydrogen-bond donors (Lipinski definition) is 1. The van der Waals surface area contributed by atoms with E-state index in [-0.39, 0.29) is 70.6 Å². The Morgan fingerprint density at radius 2 is 1.61 bits per heavy atom. The van der Waals surface area contributed by atoms with Crippen LogP contribution in [0.25, 0.3) is 0 Å². The molecule has 1 N–H and O–H groups in total. The van der Waals surface area contributed by atoms with Gasteiger partial charge < -0.3 is 19.3 Å². The second-order valence-electron chi connectivity index (χ2n) is 19.6. The maximum absolute atomic E-state index is 13.4. The van der Waals surface area contributed by atoms with Crippen LogP contribution in [0, 0.1) is 50.2 Å². The van der Waals surface area contributed by atoms with E-state index >= 15 is 0 Å². The molecular weight excluding hydrogens is 682 g/mol. The number of nitrogens with zero attached hydrogens (tertiary/aromatic N) is 3. The highest BCUT2D eigenvalue weighted by molar-refractivity contribution is 5.76. The Kier molecular flexibility index (Phi) is 9.65. The molecule has 0 spiro atoms. The normalized spacial score (nSPS) is 36.3. The van der Waals surface area contributed by atoms with Crippen molar-refractivity contribution < 1.29 is 33.7 Å². The van der Waals surface area contributed by atoms with E-state index in [0.717, 1.165) is 75.5 Å². The van der Waals surface area contributed by atoms with Gasteiger partial charge >= 0.3 is 17.9 Å². The van der Waals surface area contributed by atoms with Crippen LogP contribution in [0.2, 0.25) is 0 Å². The van der Waals surface area contributed by atoms with Gasteiger partial charge in [-0.25, -0.2) is 4.68 Å². The first kappa shape index (κ1) is 38.6. The average Bonchev–Trinajstić information content (AvgIpc) is 3.55. The lowest BCUT2D eigenvalue weighted by Crippen LogP contribution is -2.65. The van der Waals surface area contributed by atoms with Crippen LogP contribution in [0.1, 0.15) is 124 Å². The molecule has 0 amide bonds. The number of fused-ring (bicyclic) bond motifs is 7. The van der Waals surface area contributed by atoms with Crippen molar-refractivity contribution in [3.05, 3.63) is 53.4 Å². The van der Waals surface area contributed by atoms with Crippen LogP contribution < -0.4 is 4.74 Å². The van der Waals surface area contributed by atoms with Crippen LogP contribution in [0.15, 0.2) is 42.1 Å². The standard InChI is InChI=1S/C44H61N3O7/c1-39(2)19-21-44(38(50)51)22-20-42(6)31(32(44)24-39)13-14-34-41(5)17-16-35(40(3,4)33(41)15-18-43(34,42)7)54-37(49)26-47-25-29(45-46-47)27-53-36(48)23-28-9-11-30(52-8)12-10-28/h9-13,25,32-35H,14-24,26-27H2,1-8H3,(H,50,51)/t32-,33-,34+,35-,41-,42+,43+,44-/m0/s1. The molecule has 294 valence electrons. The minimum absolute atomic E-state index is 0.0279. The molecular formula is C44H61N3O7. The van der Waals surface area contributed by atoms with Crippen LogP contribution in [-0.2, 0) is 43.4 Å².